The SMILES string of the molecule is CC1SCCC1NCc1ccc(Cl)cc1. The molecular weight excluding hydrogens is 226 g/mol. The van der Waals surface area contributed by atoms with Gasteiger partial charge in [-0.25, -0.2) is 0 Å². The summed E-state index contributed by atoms with van der Waals surface area (Å²) in [5.41, 5.74) is 1.31. The summed E-state index contributed by atoms with van der Waals surface area (Å²) in [7, 11) is 0. The summed E-state index contributed by atoms with van der Waals surface area (Å²) in [5.74, 6) is 1.29. The lowest BCUT2D eigenvalue weighted by Gasteiger charge is -2.16. The highest BCUT2D eigenvalue weighted by Crippen LogP contribution is 2.26. The molecule has 2 unspecified atom stereocenters. The van der Waals surface area contributed by atoms with Gasteiger partial charge in [0.05, 0.1) is 0 Å². The topological polar surface area (TPSA) is 12.0 Å². The summed E-state index contributed by atoms with van der Waals surface area (Å²) in [6, 6.07) is 8.74. The first-order valence-electron chi connectivity index (χ1n) is 5.35. The minimum Gasteiger partial charge on any atom is -0.309 e. The first kappa shape index (κ1) is 11.3. The Balaban J connectivity index is 1.85. The molecule has 1 N–H and O–H groups in total. The van der Waals surface area contributed by atoms with E-state index in [4.69, 9.17) is 11.6 Å². The maximum atomic E-state index is 5.84. The van der Waals surface area contributed by atoms with Gasteiger partial charge in [-0.2, -0.15) is 11.8 Å². The van der Waals surface area contributed by atoms with E-state index in [1.165, 1.54) is 17.7 Å². The Morgan fingerprint density at radius 2 is 2.13 bits per heavy atom. The van der Waals surface area contributed by atoms with Crippen molar-refractivity contribution in [1.82, 2.24) is 5.32 Å². The first-order chi connectivity index (χ1) is 7.25. The zero-order valence-corrected chi connectivity index (χ0v) is 10.4. The number of hydrogen-bond donors (Lipinski definition) is 1. The van der Waals surface area contributed by atoms with Gasteiger partial charge in [0.15, 0.2) is 0 Å². The van der Waals surface area contributed by atoms with Crippen molar-refractivity contribution >= 4 is 23.4 Å². The number of halogens is 1. The Morgan fingerprint density at radius 1 is 1.40 bits per heavy atom. The second-order valence-electron chi connectivity index (χ2n) is 3.98. The van der Waals surface area contributed by atoms with Crippen molar-refractivity contribution in [3.63, 3.8) is 0 Å². The standard InChI is InChI=1S/C12H16ClNS/c1-9-12(6-7-15-9)14-8-10-2-4-11(13)5-3-10/h2-5,9,12,14H,6-8H2,1H3. The Bertz CT molecular complexity index is 312. The fourth-order valence-corrected chi connectivity index (χ4v) is 3.20. The molecule has 1 aliphatic rings. The van der Waals surface area contributed by atoms with Crippen LogP contribution in [0.1, 0.15) is 18.9 Å². The van der Waals surface area contributed by atoms with Crippen molar-refractivity contribution in [2.24, 2.45) is 0 Å². The molecular formula is C12H16ClNS. The second kappa shape index (κ2) is 5.24. The van der Waals surface area contributed by atoms with E-state index in [1.807, 2.05) is 12.1 Å². The van der Waals surface area contributed by atoms with Crippen molar-refractivity contribution in [1.29, 1.82) is 0 Å². The van der Waals surface area contributed by atoms with Crippen LogP contribution >= 0.6 is 23.4 Å². The van der Waals surface area contributed by atoms with Crippen LogP contribution in [-0.4, -0.2) is 17.0 Å². The van der Waals surface area contributed by atoms with E-state index in [0.717, 1.165) is 16.8 Å². The number of benzene rings is 1. The molecule has 15 heavy (non-hydrogen) atoms. The number of nitrogens with one attached hydrogen (secondary N) is 1. The van der Waals surface area contributed by atoms with Crippen molar-refractivity contribution in [2.75, 3.05) is 5.75 Å². The van der Waals surface area contributed by atoms with Gasteiger partial charge in [-0.15, -0.1) is 0 Å². The van der Waals surface area contributed by atoms with Crippen molar-refractivity contribution in [2.45, 2.75) is 31.2 Å². The molecule has 1 saturated heterocycles. The van der Waals surface area contributed by atoms with E-state index >= 15 is 0 Å². The number of thioether (sulfide) groups is 1. The van der Waals surface area contributed by atoms with Crippen LogP contribution < -0.4 is 5.32 Å². The third-order valence-corrected chi connectivity index (χ3v) is 4.44. The average molecular weight is 242 g/mol. The highest BCUT2D eigenvalue weighted by Gasteiger charge is 2.22. The molecule has 0 saturated carbocycles. The molecule has 2 atom stereocenters. The van der Waals surface area contributed by atoms with Gasteiger partial charge < -0.3 is 5.32 Å². The van der Waals surface area contributed by atoms with E-state index in [0.29, 0.717) is 6.04 Å². The largest absolute Gasteiger partial charge is 0.309 e. The highest BCUT2D eigenvalue weighted by atomic mass is 35.5. The van der Waals surface area contributed by atoms with Crippen molar-refractivity contribution in [3.8, 4) is 0 Å². The number of hydrogen-bond acceptors (Lipinski definition) is 2. The molecule has 1 fully saturated rings. The minimum absolute atomic E-state index is 0.672. The molecule has 1 heterocycles. The molecule has 0 bridgehead atoms. The van der Waals surface area contributed by atoms with Crippen LogP contribution in [0.5, 0.6) is 0 Å². The van der Waals surface area contributed by atoms with Gasteiger partial charge in [-0.1, -0.05) is 30.7 Å². The van der Waals surface area contributed by atoms with Crippen LogP contribution in [0.2, 0.25) is 5.02 Å². The lowest BCUT2D eigenvalue weighted by atomic mass is 10.1. The summed E-state index contributed by atoms with van der Waals surface area (Å²) in [6.07, 6.45) is 1.29. The Kier molecular flexibility index (Phi) is 3.95. The Labute approximate surface area is 101 Å². The molecule has 0 radical (unpaired) electrons. The third-order valence-electron chi connectivity index (χ3n) is 2.86. The Hall–Kier alpha value is -0.180. The van der Waals surface area contributed by atoms with Crippen molar-refractivity contribution in [3.05, 3.63) is 34.9 Å². The smallest absolute Gasteiger partial charge is 0.0406 e. The van der Waals surface area contributed by atoms with E-state index < -0.39 is 0 Å². The van der Waals surface area contributed by atoms with Crippen molar-refractivity contribution < 1.29 is 0 Å². The van der Waals surface area contributed by atoms with E-state index in [9.17, 15) is 0 Å². The van der Waals surface area contributed by atoms with Crippen LogP contribution in [-0.2, 0) is 6.54 Å². The summed E-state index contributed by atoms with van der Waals surface area (Å²) in [5, 5.41) is 5.16. The Morgan fingerprint density at radius 3 is 2.73 bits per heavy atom. The molecule has 2 rings (SSSR count). The molecule has 1 nitrogen and oxygen atoms in total. The maximum absolute atomic E-state index is 5.84. The molecule has 0 spiro atoms. The van der Waals surface area contributed by atoms with Crippen LogP contribution in [0.25, 0.3) is 0 Å². The molecule has 0 amide bonds. The zero-order chi connectivity index (χ0) is 10.7. The molecule has 0 aromatic heterocycles. The fourth-order valence-electron chi connectivity index (χ4n) is 1.85. The average Bonchev–Trinajstić information content (AvgIpc) is 2.63. The van der Waals surface area contributed by atoms with E-state index in [-0.39, 0.29) is 0 Å². The second-order valence-corrected chi connectivity index (χ2v) is 5.90. The summed E-state index contributed by atoms with van der Waals surface area (Å²) in [4.78, 5) is 0. The maximum Gasteiger partial charge on any atom is 0.0406 e. The zero-order valence-electron chi connectivity index (χ0n) is 8.87. The van der Waals surface area contributed by atoms with Gasteiger partial charge in [0.1, 0.15) is 0 Å². The molecule has 0 aliphatic carbocycles. The lowest BCUT2D eigenvalue weighted by molar-refractivity contribution is 0.513. The lowest BCUT2D eigenvalue weighted by Crippen LogP contribution is -2.32. The van der Waals surface area contributed by atoms with Gasteiger partial charge in [0, 0.05) is 22.9 Å². The van der Waals surface area contributed by atoms with E-state index in [1.54, 1.807) is 0 Å². The minimum atomic E-state index is 0.672. The normalized spacial score (nSPS) is 25.7. The summed E-state index contributed by atoms with van der Waals surface area (Å²) in [6.45, 7) is 3.25. The molecule has 82 valence electrons. The van der Waals surface area contributed by atoms with Crippen LogP contribution in [0, 0.1) is 0 Å². The summed E-state index contributed by atoms with van der Waals surface area (Å²) >= 11 is 7.90. The highest BCUT2D eigenvalue weighted by molar-refractivity contribution is 8.00. The van der Waals surface area contributed by atoms with Gasteiger partial charge in [0.2, 0.25) is 0 Å². The fraction of sp³-hybridized carbons (Fsp3) is 0.500. The van der Waals surface area contributed by atoms with Gasteiger partial charge in [-0.05, 0) is 29.9 Å². The van der Waals surface area contributed by atoms with Crippen LogP contribution in [0.3, 0.4) is 0 Å². The third kappa shape index (κ3) is 3.13. The van der Waals surface area contributed by atoms with Gasteiger partial charge >= 0.3 is 0 Å². The predicted octanol–water partition coefficient (Wildman–Crippen LogP) is 3.32. The monoisotopic (exact) mass is 241 g/mol. The van der Waals surface area contributed by atoms with E-state index in [2.05, 4.69) is 36.1 Å². The predicted molar refractivity (Wildman–Crippen MR) is 68.6 cm³/mol. The van der Waals surface area contributed by atoms with Gasteiger partial charge in [-0.3, -0.25) is 0 Å². The van der Waals surface area contributed by atoms with Crippen LogP contribution in [0.15, 0.2) is 24.3 Å². The number of rotatable bonds is 3. The molecule has 1 aromatic carbocycles. The molecule has 1 aliphatic heterocycles. The van der Waals surface area contributed by atoms with Crippen LogP contribution in [0.4, 0.5) is 0 Å². The molecule has 3 heteroatoms. The molecule has 1 aromatic rings. The summed E-state index contributed by atoms with van der Waals surface area (Å²) < 4.78 is 0. The van der Waals surface area contributed by atoms with Gasteiger partial charge in [0.25, 0.3) is 0 Å². The first-order valence-corrected chi connectivity index (χ1v) is 6.78. The quantitative estimate of drug-likeness (QED) is 0.872.